The van der Waals surface area contributed by atoms with Gasteiger partial charge in [0.05, 0.1) is 5.92 Å². The average Bonchev–Trinajstić information content (AvgIpc) is 2.68. The van der Waals surface area contributed by atoms with E-state index in [0.29, 0.717) is 25.0 Å². The van der Waals surface area contributed by atoms with Crippen LogP contribution in [-0.2, 0) is 23.8 Å². The van der Waals surface area contributed by atoms with Crippen LogP contribution in [0.15, 0.2) is 42.4 Å². The molecule has 30 heavy (non-hydrogen) atoms. The zero-order chi connectivity index (χ0) is 21.7. The molecule has 0 aromatic heterocycles. The number of para-hydroxylation sites is 1. The van der Waals surface area contributed by atoms with Gasteiger partial charge < -0.3 is 24.3 Å². The molecule has 1 N–H and O–H groups in total. The maximum absolute atomic E-state index is 12.7. The van der Waals surface area contributed by atoms with Crippen molar-refractivity contribution in [1.29, 1.82) is 0 Å². The van der Waals surface area contributed by atoms with Crippen molar-refractivity contribution in [3.05, 3.63) is 42.4 Å². The number of benzene rings is 1. The molecule has 0 radical (unpaired) electrons. The highest BCUT2D eigenvalue weighted by molar-refractivity contribution is 5.96. The maximum atomic E-state index is 12.7. The first-order chi connectivity index (χ1) is 14.2. The smallest absolute Gasteiger partial charge is 0.408 e. The van der Waals surface area contributed by atoms with Gasteiger partial charge in [-0.05, 0) is 45.7 Å². The number of Topliss-reactive ketones (excluding diaryl/α,β-unsaturated/α-hetero) is 1. The van der Waals surface area contributed by atoms with Crippen LogP contribution in [0.25, 0.3) is 0 Å². The normalized spacial score (nSPS) is 23.4. The number of fused-ring (bicyclic) bond motifs is 1. The number of rotatable bonds is 5. The van der Waals surface area contributed by atoms with Crippen LogP contribution in [0, 0.1) is 5.92 Å². The molecule has 1 aromatic carbocycles. The van der Waals surface area contributed by atoms with Crippen molar-refractivity contribution in [1.82, 2.24) is 5.32 Å². The van der Waals surface area contributed by atoms with Gasteiger partial charge in [-0.2, -0.15) is 0 Å². The molecule has 8 nitrogen and oxygen atoms in total. The SMILES string of the molecule is CC(C)(C)OC(=O)NCC(=O)OC1CCC2C(=O)C(Oc3ccccc3)=COC2C1. The molecule has 0 spiro atoms. The summed E-state index contributed by atoms with van der Waals surface area (Å²) in [6.45, 7) is 4.92. The molecule has 1 amide bonds. The van der Waals surface area contributed by atoms with Crippen LogP contribution < -0.4 is 10.1 Å². The van der Waals surface area contributed by atoms with E-state index in [-0.39, 0.29) is 36.2 Å². The summed E-state index contributed by atoms with van der Waals surface area (Å²) in [6, 6.07) is 9.04. The minimum atomic E-state index is -0.680. The third kappa shape index (κ3) is 5.98. The van der Waals surface area contributed by atoms with E-state index >= 15 is 0 Å². The number of amides is 1. The molecule has 1 aromatic rings. The van der Waals surface area contributed by atoms with E-state index in [1.165, 1.54) is 6.26 Å². The quantitative estimate of drug-likeness (QED) is 0.735. The van der Waals surface area contributed by atoms with Crippen molar-refractivity contribution >= 4 is 17.8 Å². The van der Waals surface area contributed by atoms with Gasteiger partial charge in [0.25, 0.3) is 0 Å². The number of hydrogen-bond acceptors (Lipinski definition) is 7. The third-order valence-corrected chi connectivity index (χ3v) is 4.72. The van der Waals surface area contributed by atoms with E-state index in [1.54, 1.807) is 32.9 Å². The molecule has 3 atom stereocenters. The number of esters is 1. The lowest BCUT2D eigenvalue weighted by molar-refractivity contribution is -0.154. The maximum Gasteiger partial charge on any atom is 0.408 e. The molecule has 0 bridgehead atoms. The summed E-state index contributed by atoms with van der Waals surface area (Å²) < 4.78 is 21.9. The fourth-order valence-corrected chi connectivity index (χ4v) is 3.42. The van der Waals surface area contributed by atoms with Crippen molar-refractivity contribution < 1.29 is 33.3 Å². The number of nitrogens with one attached hydrogen (secondary N) is 1. The molecular weight excluding hydrogens is 390 g/mol. The second kappa shape index (κ2) is 9.19. The number of ether oxygens (including phenoxy) is 4. The van der Waals surface area contributed by atoms with E-state index in [0.717, 1.165) is 0 Å². The highest BCUT2D eigenvalue weighted by atomic mass is 16.6. The lowest BCUT2D eigenvalue weighted by Gasteiger charge is -2.36. The van der Waals surface area contributed by atoms with Gasteiger partial charge in [-0.3, -0.25) is 9.59 Å². The van der Waals surface area contributed by atoms with Crippen LogP contribution in [0.3, 0.4) is 0 Å². The van der Waals surface area contributed by atoms with Gasteiger partial charge in [0, 0.05) is 6.42 Å². The molecular formula is C22H27NO7. The standard InChI is InChI=1S/C22H27NO7/c1-22(2,3)30-21(26)23-12-19(24)29-15-9-10-16-17(11-15)27-13-18(20(16)25)28-14-7-5-4-6-8-14/h4-8,13,15-17H,9-12H2,1-3H3,(H,23,26). The summed E-state index contributed by atoms with van der Waals surface area (Å²) in [4.78, 5) is 36.4. The number of hydrogen-bond donors (Lipinski definition) is 1. The first-order valence-corrected chi connectivity index (χ1v) is 10.0. The Bertz CT molecular complexity index is 813. The Labute approximate surface area is 175 Å². The molecule has 162 valence electrons. The first kappa shape index (κ1) is 21.7. The summed E-state index contributed by atoms with van der Waals surface area (Å²) in [5, 5.41) is 2.37. The Hall–Kier alpha value is -3.03. The van der Waals surface area contributed by atoms with Crippen LogP contribution >= 0.6 is 0 Å². The van der Waals surface area contributed by atoms with Crippen molar-refractivity contribution in [2.24, 2.45) is 5.92 Å². The second-order valence-corrected chi connectivity index (χ2v) is 8.32. The van der Waals surface area contributed by atoms with E-state index < -0.39 is 17.7 Å². The average molecular weight is 417 g/mol. The van der Waals surface area contributed by atoms with Crippen LogP contribution in [0.1, 0.15) is 40.0 Å². The van der Waals surface area contributed by atoms with Crippen molar-refractivity contribution in [3.63, 3.8) is 0 Å². The molecule has 2 aliphatic rings. The Balaban J connectivity index is 1.47. The molecule has 1 aliphatic heterocycles. The van der Waals surface area contributed by atoms with E-state index in [9.17, 15) is 14.4 Å². The fourth-order valence-electron chi connectivity index (χ4n) is 3.42. The second-order valence-electron chi connectivity index (χ2n) is 8.32. The number of allylic oxidation sites excluding steroid dienone is 1. The van der Waals surface area contributed by atoms with Crippen molar-refractivity contribution in [3.8, 4) is 5.75 Å². The monoisotopic (exact) mass is 417 g/mol. The Morgan fingerprint density at radius 1 is 1.17 bits per heavy atom. The number of carbonyl (C=O) groups is 3. The molecule has 1 fully saturated rings. The predicted molar refractivity (Wildman–Crippen MR) is 106 cm³/mol. The molecule has 8 heteroatoms. The van der Waals surface area contributed by atoms with Crippen LogP contribution in [-0.4, -0.2) is 42.2 Å². The molecule has 1 heterocycles. The van der Waals surface area contributed by atoms with Gasteiger partial charge in [0.15, 0.2) is 0 Å². The highest BCUT2D eigenvalue weighted by Gasteiger charge is 2.42. The number of alkyl carbamates (subject to hydrolysis) is 1. The van der Waals surface area contributed by atoms with E-state index in [2.05, 4.69) is 5.32 Å². The fraction of sp³-hybridized carbons (Fsp3) is 0.500. The first-order valence-electron chi connectivity index (χ1n) is 10.0. The largest absolute Gasteiger partial charge is 0.493 e. The molecule has 3 unspecified atom stereocenters. The summed E-state index contributed by atoms with van der Waals surface area (Å²) in [5.74, 6) is -0.246. The lowest BCUT2D eigenvalue weighted by atomic mass is 9.80. The summed E-state index contributed by atoms with van der Waals surface area (Å²) in [5.41, 5.74) is -0.645. The number of carbonyl (C=O) groups excluding carboxylic acids is 3. The minimum absolute atomic E-state index is 0.105. The van der Waals surface area contributed by atoms with Crippen LogP contribution in [0.5, 0.6) is 5.75 Å². The molecule has 3 rings (SSSR count). The van der Waals surface area contributed by atoms with Crippen molar-refractivity contribution in [2.75, 3.05) is 6.54 Å². The van der Waals surface area contributed by atoms with Crippen LogP contribution in [0.4, 0.5) is 4.79 Å². The summed E-state index contributed by atoms with van der Waals surface area (Å²) in [7, 11) is 0. The third-order valence-electron chi connectivity index (χ3n) is 4.72. The molecule has 1 saturated carbocycles. The summed E-state index contributed by atoms with van der Waals surface area (Å²) >= 11 is 0. The van der Waals surface area contributed by atoms with Gasteiger partial charge >= 0.3 is 12.1 Å². The van der Waals surface area contributed by atoms with E-state index in [4.69, 9.17) is 18.9 Å². The number of ketones is 1. The Morgan fingerprint density at radius 3 is 2.60 bits per heavy atom. The van der Waals surface area contributed by atoms with Gasteiger partial charge in [-0.15, -0.1) is 0 Å². The Kier molecular flexibility index (Phi) is 6.64. The zero-order valence-corrected chi connectivity index (χ0v) is 17.4. The Morgan fingerprint density at radius 2 is 1.90 bits per heavy atom. The van der Waals surface area contributed by atoms with E-state index in [1.807, 2.05) is 18.2 Å². The van der Waals surface area contributed by atoms with Gasteiger partial charge in [0.2, 0.25) is 11.5 Å². The lowest BCUT2D eigenvalue weighted by Crippen LogP contribution is -2.44. The van der Waals surface area contributed by atoms with Gasteiger partial charge in [-0.1, -0.05) is 18.2 Å². The highest BCUT2D eigenvalue weighted by Crippen LogP contribution is 2.35. The van der Waals surface area contributed by atoms with Crippen molar-refractivity contribution in [2.45, 2.75) is 57.8 Å². The van der Waals surface area contributed by atoms with Gasteiger partial charge in [0.1, 0.15) is 36.4 Å². The predicted octanol–water partition coefficient (Wildman–Crippen LogP) is 3.11. The topological polar surface area (TPSA) is 100 Å². The molecule has 0 saturated heterocycles. The molecule has 1 aliphatic carbocycles. The van der Waals surface area contributed by atoms with Gasteiger partial charge in [-0.25, -0.2) is 4.79 Å². The van der Waals surface area contributed by atoms with Crippen LogP contribution in [0.2, 0.25) is 0 Å². The zero-order valence-electron chi connectivity index (χ0n) is 17.4. The minimum Gasteiger partial charge on any atom is -0.493 e. The summed E-state index contributed by atoms with van der Waals surface area (Å²) in [6.07, 6.45) is 1.38.